The molecular formula is C53H70N8O8. The minimum Gasteiger partial charge on any atom is -0.508 e. The van der Waals surface area contributed by atoms with Crippen LogP contribution in [0.5, 0.6) is 5.75 Å². The number of hydrogen-bond acceptors (Lipinski definition) is 11. The standard InChI is InChI=1S/C53H70N8O8/c1-10-60-42-19-18-34-26-38(42)39(48(60)37-16-12-20-54-44(37)31(4)68-9)27-53(5,6)29-69-52(67)40-17-13-21-61(57-40)50(65)41(24-32-22-35(34)25-36(62)23-32)55-49(64)47(30(2)3)59(8)43(63)28-58(7)51(66)46-45(56-46)33-14-11-15-33/h12,16,18-20,22-23,25-26,30-31,33,40-41,45-47,56-57,62H,10-11,13-15,17,21,24,27-29H2,1-9H3,(H,55,64)/t31-,40-,41-,45-,46-,47-/m0/s1. The van der Waals surface area contributed by atoms with Crippen molar-refractivity contribution in [3.8, 4) is 28.1 Å². The molecule has 0 unspecified atom stereocenters. The number of likely N-dealkylation sites (N-methyl/N-ethyl adjacent to an activating group) is 2. The van der Waals surface area contributed by atoms with Gasteiger partial charge in [0.25, 0.3) is 5.91 Å². The second-order valence-electron chi connectivity index (χ2n) is 20.8. The number of cyclic esters (lactones) is 1. The second kappa shape index (κ2) is 20.2. The number of nitrogens with one attached hydrogen (secondary N) is 3. The van der Waals surface area contributed by atoms with Crippen molar-refractivity contribution in [1.82, 2.24) is 40.4 Å². The van der Waals surface area contributed by atoms with Gasteiger partial charge in [0.1, 0.15) is 29.9 Å². The second-order valence-corrected chi connectivity index (χ2v) is 20.8. The Hall–Kier alpha value is -5.84. The van der Waals surface area contributed by atoms with E-state index in [4.69, 9.17) is 14.5 Å². The van der Waals surface area contributed by atoms with Crippen LogP contribution in [0, 0.1) is 17.3 Å². The van der Waals surface area contributed by atoms with E-state index in [0.29, 0.717) is 42.9 Å². The molecule has 3 aliphatic heterocycles. The van der Waals surface area contributed by atoms with E-state index >= 15 is 0 Å². The van der Waals surface area contributed by atoms with Crippen LogP contribution in [0.15, 0.2) is 54.7 Å². The number of carbonyl (C=O) groups excluding carboxylic acids is 5. The lowest BCUT2D eigenvalue weighted by molar-refractivity contribution is -0.155. The number of amides is 4. The molecule has 4 N–H and O–H groups in total. The van der Waals surface area contributed by atoms with E-state index < -0.39 is 47.2 Å². The average Bonchev–Trinajstić information content (AvgIpc) is 4.02. The van der Waals surface area contributed by atoms with Gasteiger partial charge in [0.05, 0.1) is 30.6 Å². The number of fused-ring (bicyclic) bond motifs is 6. The molecule has 2 aromatic heterocycles. The van der Waals surface area contributed by atoms with Gasteiger partial charge >= 0.3 is 5.97 Å². The average molecular weight is 947 g/mol. The highest BCUT2D eigenvalue weighted by molar-refractivity contribution is 5.96. The Kier molecular flexibility index (Phi) is 14.5. The molecule has 4 aromatic rings. The van der Waals surface area contributed by atoms with E-state index in [0.717, 1.165) is 51.8 Å². The van der Waals surface area contributed by atoms with Gasteiger partial charge in [0, 0.05) is 74.8 Å². The predicted molar refractivity (Wildman–Crippen MR) is 262 cm³/mol. The molecule has 6 atom stereocenters. The number of rotatable bonds is 12. The van der Waals surface area contributed by atoms with Crippen LogP contribution in [0.3, 0.4) is 0 Å². The molecule has 5 heterocycles. The van der Waals surface area contributed by atoms with Crippen LogP contribution in [0.1, 0.15) is 96.6 Å². The summed E-state index contributed by atoms with van der Waals surface area (Å²) in [5, 5.41) is 20.0. The lowest BCUT2D eigenvalue weighted by Gasteiger charge is -2.37. The largest absolute Gasteiger partial charge is 0.508 e. The number of methoxy groups -OCH3 is 1. The minimum absolute atomic E-state index is 0.0142. The molecule has 4 aliphatic rings. The summed E-state index contributed by atoms with van der Waals surface area (Å²) in [5.41, 5.74) is 9.52. The van der Waals surface area contributed by atoms with Gasteiger partial charge in [-0.25, -0.2) is 5.43 Å². The molecule has 8 rings (SSSR count). The molecule has 16 nitrogen and oxygen atoms in total. The van der Waals surface area contributed by atoms with Gasteiger partial charge in [-0.2, -0.15) is 0 Å². The molecule has 2 aromatic carbocycles. The number of aryl methyl sites for hydroxylation is 1. The Morgan fingerprint density at radius 3 is 2.49 bits per heavy atom. The van der Waals surface area contributed by atoms with Crippen molar-refractivity contribution in [3.63, 3.8) is 0 Å². The molecule has 16 heteroatoms. The first-order chi connectivity index (χ1) is 32.9. The normalized spacial score (nSPS) is 22.6. The van der Waals surface area contributed by atoms with Gasteiger partial charge in [-0.3, -0.25) is 39.3 Å². The number of pyridine rings is 1. The molecule has 2 saturated heterocycles. The monoisotopic (exact) mass is 947 g/mol. The summed E-state index contributed by atoms with van der Waals surface area (Å²) in [6.45, 7) is 12.7. The molecule has 6 bridgehead atoms. The van der Waals surface area contributed by atoms with E-state index in [1.54, 1.807) is 39.5 Å². The molecule has 1 aliphatic carbocycles. The summed E-state index contributed by atoms with van der Waals surface area (Å²) in [6, 6.07) is 12.3. The Bertz CT molecular complexity index is 2600. The molecule has 1 saturated carbocycles. The number of phenolic OH excluding ortho intramolecular Hbond substituents is 1. The van der Waals surface area contributed by atoms with E-state index in [1.165, 1.54) is 21.2 Å². The fourth-order valence-electron chi connectivity index (χ4n) is 10.6. The molecule has 4 amide bonds. The van der Waals surface area contributed by atoms with Crippen LogP contribution in [-0.4, -0.2) is 130 Å². The van der Waals surface area contributed by atoms with Crippen molar-refractivity contribution in [3.05, 3.63) is 71.5 Å². The number of hydrazine groups is 1. The van der Waals surface area contributed by atoms with Crippen LogP contribution in [-0.2, 0) is 52.8 Å². The van der Waals surface area contributed by atoms with Crippen molar-refractivity contribution in [2.75, 3.05) is 40.9 Å². The number of hydrogen-bond donors (Lipinski definition) is 4. The molecule has 370 valence electrons. The number of aromatic nitrogens is 2. The number of benzene rings is 2. The van der Waals surface area contributed by atoms with Crippen molar-refractivity contribution in [1.29, 1.82) is 0 Å². The zero-order chi connectivity index (χ0) is 49.5. The maximum Gasteiger partial charge on any atom is 0.324 e. The minimum atomic E-state index is -1.18. The first kappa shape index (κ1) is 49.6. The predicted octanol–water partition coefficient (Wildman–Crippen LogP) is 5.53. The van der Waals surface area contributed by atoms with E-state index in [2.05, 4.69) is 59.6 Å². The number of carbonyl (C=O) groups is 5. The molecular weight excluding hydrogens is 877 g/mol. The third-order valence-electron chi connectivity index (χ3n) is 14.7. The maximum absolute atomic E-state index is 14.8. The zero-order valence-corrected chi connectivity index (χ0v) is 41.6. The van der Waals surface area contributed by atoms with Crippen molar-refractivity contribution in [2.24, 2.45) is 17.3 Å². The third kappa shape index (κ3) is 10.4. The fraction of sp³-hybridized carbons (Fsp3) is 0.547. The number of aromatic hydroxyl groups is 1. The lowest BCUT2D eigenvalue weighted by atomic mass is 9.81. The summed E-state index contributed by atoms with van der Waals surface area (Å²) in [7, 11) is 4.82. The summed E-state index contributed by atoms with van der Waals surface area (Å²) in [5.74, 6) is -1.97. The van der Waals surface area contributed by atoms with E-state index in [9.17, 15) is 29.1 Å². The highest BCUT2D eigenvalue weighted by Gasteiger charge is 2.50. The van der Waals surface area contributed by atoms with Crippen LogP contribution in [0.4, 0.5) is 0 Å². The third-order valence-corrected chi connectivity index (χ3v) is 14.7. The number of phenols is 1. The number of ether oxygens (including phenoxy) is 2. The molecule has 3 fully saturated rings. The zero-order valence-electron chi connectivity index (χ0n) is 41.6. The maximum atomic E-state index is 14.8. The van der Waals surface area contributed by atoms with Gasteiger partial charge in [-0.05, 0) is 116 Å². The number of nitrogens with zero attached hydrogens (tertiary/aromatic N) is 5. The van der Waals surface area contributed by atoms with Gasteiger partial charge in [0.15, 0.2) is 0 Å². The summed E-state index contributed by atoms with van der Waals surface area (Å²) in [6.07, 6.45) is 6.32. The summed E-state index contributed by atoms with van der Waals surface area (Å²) >= 11 is 0. The van der Waals surface area contributed by atoms with Crippen molar-refractivity contribution < 1.29 is 38.6 Å². The summed E-state index contributed by atoms with van der Waals surface area (Å²) < 4.78 is 14.2. The van der Waals surface area contributed by atoms with Gasteiger partial charge in [0.2, 0.25) is 17.7 Å². The Labute approximate surface area is 405 Å². The van der Waals surface area contributed by atoms with Crippen LogP contribution >= 0.6 is 0 Å². The highest BCUT2D eigenvalue weighted by atomic mass is 16.5. The lowest BCUT2D eigenvalue weighted by Crippen LogP contribution is -2.62. The van der Waals surface area contributed by atoms with Gasteiger partial charge in [-0.1, -0.05) is 46.2 Å². The van der Waals surface area contributed by atoms with Crippen molar-refractivity contribution in [2.45, 2.75) is 129 Å². The Morgan fingerprint density at radius 1 is 1.03 bits per heavy atom. The quantitative estimate of drug-likeness (QED) is 0.103. The smallest absolute Gasteiger partial charge is 0.324 e. The first-order valence-corrected chi connectivity index (χ1v) is 24.7. The topological polar surface area (TPSA) is 198 Å². The van der Waals surface area contributed by atoms with E-state index in [-0.39, 0.29) is 61.9 Å². The molecule has 0 spiro atoms. The SMILES string of the molecule is CCn1c(-c2cccnc2[C@H](C)OC)c2c3cc(ccc31)-c1cc(O)cc(c1)C[C@H](NC(=O)[C@H](C(C)C)N(C)C(=O)CN(C)C(=O)[C@H]1N[C@H]1C1CCC1)C(=O)N1CCC[C@H](N1)C(=O)OCC(C)(C)C2. The van der Waals surface area contributed by atoms with E-state index in [1.807, 2.05) is 39.0 Å². The molecule has 69 heavy (non-hydrogen) atoms. The number of esters is 1. The van der Waals surface area contributed by atoms with Crippen LogP contribution in [0.2, 0.25) is 0 Å². The fourth-order valence-corrected chi connectivity index (χ4v) is 10.6. The molecule has 0 radical (unpaired) electrons. The Morgan fingerprint density at radius 2 is 1.80 bits per heavy atom. The highest BCUT2D eigenvalue weighted by Crippen LogP contribution is 2.42. The summed E-state index contributed by atoms with van der Waals surface area (Å²) in [4.78, 5) is 78.0. The van der Waals surface area contributed by atoms with Gasteiger partial charge < -0.3 is 34.3 Å². The van der Waals surface area contributed by atoms with Crippen molar-refractivity contribution >= 4 is 40.5 Å². The van der Waals surface area contributed by atoms with Crippen LogP contribution in [0.25, 0.3) is 33.3 Å². The first-order valence-electron chi connectivity index (χ1n) is 24.7. The van der Waals surface area contributed by atoms with Crippen LogP contribution < -0.4 is 16.1 Å². The van der Waals surface area contributed by atoms with Gasteiger partial charge in [-0.15, -0.1) is 0 Å². The Balaban J connectivity index is 1.15.